The molecular weight excluding hydrogens is 351 g/mol. The molecule has 0 aliphatic rings. The summed E-state index contributed by atoms with van der Waals surface area (Å²) < 4.78 is 4.99. The minimum absolute atomic E-state index is 0.0457. The minimum atomic E-state index is -0.617. The van der Waals surface area contributed by atoms with Crippen molar-refractivity contribution in [1.82, 2.24) is 0 Å². The van der Waals surface area contributed by atoms with E-state index in [0.29, 0.717) is 16.3 Å². The van der Waals surface area contributed by atoms with Crippen molar-refractivity contribution in [2.75, 3.05) is 12.4 Å². The SMILES string of the molecule is COc1cc(/C=C(\C#N)C(=O)Nc2ccccc2Cl)cc(Cl)c1O. The normalized spacial score (nSPS) is 10.8. The van der Waals surface area contributed by atoms with E-state index in [2.05, 4.69) is 5.32 Å². The Morgan fingerprint density at radius 3 is 2.62 bits per heavy atom. The fourth-order valence-corrected chi connectivity index (χ4v) is 2.30. The third-order valence-electron chi connectivity index (χ3n) is 3.07. The Bertz CT molecular complexity index is 857. The Labute approximate surface area is 148 Å². The highest BCUT2D eigenvalue weighted by Crippen LogP contribution is 2.35. The van der Waals surface area contributed by atoms with Gasteiger partial charge < -0.3 is 15.2 Å². The van der Waals surface area contributed by atoms with Crippen molar-refractivity contribution >= 4 is 40.9 Å². The van der Waals surface area contributed by atoms with Crippen molar-refractivity contribution in [3.8, 4) is 17.6 Å². The zero-order valence-electron chi connectivity index (χ0n) is 12.5. The number of hydrogen-bond donors (Lipinski definition) is 2. The second-order valence-corrected chi connectivity index (χ2v) is 5.47. The standard InChI is InChI=1S/C17H12Cl2N2O3/c1-24-15-8-10(7-13(19)16(15)22)6-11(9-20)17(23)21-14-5-3-2-4-12(14)18/h2-8,22H,1H3,(H,21,23)/b11-6+. The van der Waals surface area contributed by atoms with Crippen molar-refractivity contribution in [3.05, 3.63) is 57.6 Å². The number of phenolic OH excluding ortho intramolecular Hbond substituents is 1. The molecule has 0 aliphatic heterocycles. The maximum Gasteiger partial charge on any atom is 0.266 e. The number of benzene rings is 2. The maximum absolute atomic E-state index is 12.2. The molecule has 5 nitrogen and oxygen atoms in total. The molecule has 0 aromatic heterocycles. The van der Waals surface area contributed by atoms with Crippen LogP contribution in [0.5, 0.6) is 11.5 Å². The van der Waals surface area contributed by atoms with E-state index in [9.17, 15) is 15.2 Å². The molecule has 0 spiro atoms. The molecule has 7 heteroatoms. The van der Waals surface area contributed by atoms with Gasteiger partial charge in [-0.3, -0.25) is 4.79 Å². The Morgan fingerprint density at radius 2 is 2.00 bits per heavy atom. The van der Waals surface area contributed by atoms with Crippen LogP contribution in [0, 0.1) is 11.3 Å². The first kappa shape index (κ1) is 17.7. The third kappa shape index (κ3) is 3.99. The zero-order chi connectivity index (χ0) is 17.7. The van der Waals surface area contributed by atoms with Crippen LogP contribution in [0.2, 0.25) is 10.0 Å². The molecular formula is C17H12Cl2N2O3. The molecule has 0 radical (unpaired) electrons. The molecule has 0 unspecified atom stereocenters. The fraction of sp³-hybridized carbons (Fsp3) is 0.0588. The monoisotopic (exact) mass is 362 g/mol. The molecule has 0 aliphatic carbocycles. The topological polar surface area (TPSA) is 82.3 Å². The van der Waals surface area contributed by atoms with E-state index in [1.54, 1.807) is 24.3 Å². The van der Waals surface area contributed by atoms with E-state index >= 15 is 0 Å². The largest absolute Gasteiger partial charge is 0.503 e. The van der Waals surface area contributed by atoms with E-state index in [0.717, 1.165) is 0 Å². The number of methoxy groups -OCH3 is 1. The fourth-order valence-electron chi connectivity index (χ4n) is 1.90. The van der Waals surface area contributed by atoms with E-state index in [4.69, 9.17) is 27.9 Å². The lowest BCUT2D eigenvalue weighted by Gasteiger charge is -2.08. The molecule has 0 atom stereocenters. The number of phenols is 1. The number of amides is 1. The number of aromatic hydroxyl groups is 1. The van der Waals surface area contributed by atoms with Crippen LogP contribution in [-0.2, 0) is 4.79 Å². The van der Waals surface area contributed by atoms with Gasteiger partial charge in [0, 0.05) is 0 Å². The number of anilines is 1. The maximum atomic E-state index is 12.2. The van der Waals surface area contributed by atoms with Gasteiger partial charge in [-0.25, -0.2) is 0 Å². The highest BCUT2D eigenvalue weighted by atomic mass is 35.5. The van der Waals surface area contributed by atoms with Crippen LogP contribution in [0.1, 0.15) is 5.56 Å². The summed E-state index contributed by atoms with van der Waals surface area (Å²) in [5.74, 6) is -0.693. The van der Waals surface area contributed by atoms with Gasteiger partial charge in [-0.1, -0.05) is 35.3 Å². The summed E-state index contributed by atoms with van der Waals surface area (Å²) in [4.78, 5) is 12.2. The number of hydrogen-bond acceptors (Lipinski definition) is 4. The van der Waals surface area contributed by atoms with Crippen LogP contribution in [0.15, 0.2) is 42.0 Å². The number of nitriles is 1. The van der Waals surface area contributed by atoms with Gasteiger partial charge in [0.15, 0.2) is 11.5 Å². The number of para-hydroxylation sites is 1. The Morgan fingerprint density at radius 1 is 1.29 bits per heavy atom. The number of ether oxygens (including phenoxy) is 1. The van der Waals surface area contributed by atoms with E-state index in [1.165, 1.54) is 25.3 Å². The first-order valence-electron chi connectivity index (χ1n) is 6.70. The quantitative estimate of drug-likeness (QED) is 0.628. The lowest BCUT2D eigenvalue weighted by molar-refractivity contribution is -0.112. The number of nitrogens with one attached hydrogen (secondary N) is 1. The Balaban J connectivity index is 2.33. The number of halogens is 2. The average molecular weight is 363 g/mol. The first-order chi connectivity index (χ1) is 11.5. The van der Waals surface area contributed by atoms with Gasteiger partial charge >= 0.3 is 0 Å². The summed E-state index contributed by atoms with van der Waals surface area (Å²) in [5, 5.41) is 21.9. The van der Waals surface area contributed by atoms with Crippen molar-refractivity contribution in [2.24, 2.45) is 0 Å². The summed E-state index contributed by atoms with van der Waals surface area (Å²) in [6.45, 7) is 0. The highest BCUT2D eigenvalue weighted by Gasteiger charge is 2.13. The van der Waals surface area contributed by atoms with E-state index in [1.807, 2.05) is 6.07 Å². The van der Waals surface area contributed by atoms with Gasteiger partial charge in [0.1, 0.15) is 11.6 Å². The molecule has 2 rings (SSSR count). The lowest BCUT2D eigenvalue weighted by Crippen LogP contribution is -2.13. The van der Waals surface area contributed by atoms with Crippen LogP contribution in [0.3, 0.4) is 0 Å². The molecule has 0 fully saturated rings. The van der Waals surface area contributed by atoms with Gasteiger partial charge in [-0.2, -0.15) is 5.26 Å². The lowest BCUT2D eigenvalue weighted by atomic mass is 10.1. The first-order valence-corrected chi connectivity index (χ1v) is 7.46. The van der Waals surface area contributed by atoms with Gasteiger partial charge in [0.25, 0.3) is 5.91 Å². The summed E-state index contributed by atoms with van der Waals surface area (Å²) in [6, 6.07) is 11.4. The van der Waals surface area contributed by atoms with Gasteiger partial charge in [-0.15, -0.1) is 0 Å². The number of carbonyl (C=O) groups is 1. The summed E-state index contributed by atoms with van der Waals surface area (Å²) in [7, 11) is 1.37. The second kappa shape index (κ2) is 7.73. The van der Waals surface area contributed by atoms with Crippen molar-refractivity contribution in [3.63, 3.8) is 0 Å². The molecule has 0 bridgehead atoms. The number of carbonyl (C=O) groups excluding carboxylic acids is 1. The predicted octanol–water partition coefficient (Wildman–Crippen LogP) is 4.25. The minimum Gasteiger partial charge on any atom is -0.503 e. The van der Waals surface area contributed by atoms with Crippen molar-refractivity contribution in [1.29, 1.82) is 5.26 Å². The second-order valence-electron chi connectivity index (χ2n) is 4.66. The van der Waals surface area contributed by atoms with Crippen LogP contribution in [0.4, 0.5) is 5.69 Å². The summed E-state index contributed by atoms with van der Waals surface area (Å²) >= 11 is 11.9. The zero-order valence-corrected chi connectivity index (χ0v) is 14.0. The van der Waals surface area contributed by atoms with Crippen LogP contribution < -0.4 is 10.1 Å². The Hall–Kier alpha value is -2.68. The summed E-state index contributed by atoms with van der Waals surface area (Å²) in [6.07, 6.45) is 1.33. The van der Waals surface area contributed by atoms with Crippen LogP contribution in [-0.4, -0.2) is 18.1 Å². The van der Waals surface area contributed by atoms with Crippen LogP contribution >= 0.6 is 23.2 Å². The molecule has 2 N–H and O–H groups in total. The molecule has 0 saturated carbocycles. The molecule has 0 heterocycles. The molecule has 2 aromatic carbocycles. The number of rotatable bonds is 4. The van der Waals surface area contributed by atoms with Crippen molar-refractivity contribution in [2.45, 2.75) is 0 Å². The van der Waals surface area contributed by atoms with Crippen LogP contribution in [0.25, 0.3) is 6.08 Å². The molecule has 24 heavy (non-hydrogen) atoms. The molecule has 122 valence electrons. The van der Waals surface area contributed by atoms with E-state index < -0.39 is 5.91 Å². The van der Waals surface area contributed by atoms with Gasteiger partial charge in [0.05, 0.1) is 22.8 Å². The van der Waals surface area contributed by atoms with Gasteiger partial charge in [-0.05, 0) is 35.9 Å². The third-order valence-corrected chi connectivity index (χ3v) is 3.69. The average Bonchev–Trinajstić information content (AvgIpc) is 2.57. The highest BCUT2D eigenvalue weighted by molar-refractivity contribution is 6.34. The van der Waals surface area contributed by atoms with E-state index in [-0.39, 0.29) is 22.1 Å². The summed E-state index contributed by atoms with van der Waals surface area (Å²) in [5.41, 5.74) is 0.672. The van der Waals surface area contributed by atoms with Gasteiger partial charge in [0.2, 0.25) is 0 Å². The molecule has 0 saturated heterocycles. The van der Waals surface area contributed by atoms with Crippen molar-refractivity contribution < 1.29 is 14.6 Å². The Kier molecular flexibility index (Phi) is 5.69. The molecule has 2 aromatic rings. The smallest absolute Gasteiger partial charge is 0.266 e. The molecule has 1 amide bonds. The number of nitrogens with zero attached hydrogens (tertiary/aromatic N) is 1. The predicted molar refractivity (Wildman–Crippen MR) is 93.3 cm³/mol.